The molecule has 2 aromatic heterocycles. The third-order valence-electron chi connectivity index (χ3n) is 5.92. The van der Waals surface area contributed by atoms with Crippen molar-refractivity contribution in [2.24, 2.45) is 18.7 Å². The molecule has 7 heteroatoms. The van der Waals surface area contributed by atoms with E-state index in [1.165, 1.54) is 56.2 Å². The lowest BCUT2D eigenvalue weighted by Crippen LogP contribution is -2.23. The van der Waals surface area contributed by atoms with Gasteiger partial charge in [0.15, 0.2) is 0 Å². The van der Waals surface area contributed by atoms with Crippen molar-refractivity contribution < 1.29 is 4.79 Å². The number of amides is 1. The summed E-state index contributed by atoms with van der Waals surface area (Å²) in [5.41, 5.74) is 9.38. The van der Waals surface area contributed by atoms with Crippen molar-refractivity contribution in [3.63, 3.8) is 0 Å². The Morgan fingerprint density at radius 1 is 1.21 bits per heavy atom. The van der Waals surface area contributed by atoms with Gasteiger partial charge in [-0.15, -0.1) is 12.3 Å². The van der Waals surface area contributed by atoms with E-state index >= 15 is 0 Å². The molecule has 0 spiro atoms. The van der Waals surface area contributed by atoms with Crippen LogP contribution in [0.1, 0.15) is 82.9 Å². The molecular weight excluding hydrogens is 412 g/mol. The quantitative estimate of drug-likeness (QED) is 0.588. The van der Waals surface area contributed by atoms with Gasteiger partial charge in [-0.05, 0) is 50.5 Å². The Kier molecular flexibility index (Phi) is 10.9. The van der Waals surface area contributed by atoms with Crippen molar-refractivity contribution in [3.05, 3.63) is 23.7 Å². The monoisotopic (exact) mass is 452 g/mol. The van der Waals surface area contributed by atoms with Gasteiger partial charge in [0.05, 0.1) is 11.9 Å². The second-order valence-electron chi connectivity index (χ2n) is 8.65. The number of rotatable bonds is 7. The van der Waals surface area contributed by atoms with Crippen molar-refractivity contribution >= 4 is 11.9 Å². The van der Waals surface area contributed by atoms with Crippen LogP contribution in [-0.2, 0) is 18.3 Å². The molecule has 1 amide bonds. The van der Waals surface area contributed by atoms with Crippen molar-refractivity contribution in [1.29, 1.82) is 0 Å². The minimum Gasteiger partial charge on any atom is -0.370 e. The van der Waals surface area contributed by atoms with Crippen LogP contribution in [0.25, 0.3) is 11.3 Å². The maximum absolute atomic E-state index is 9.88. The fourth-order valence-electron chi connectivity index (χ4n) is 3.91. The summed E-state index contributed by atoms with van der Waals surface area (Å²) in [6.07, 6.45) is 19.7. The first-order valence-electron chi connectivity index (χ1n) is 12.3. The van der Waals surface area contributed by atoms with Gasteiger partial charge < -0.3 is 11.1 Å². The molecule has 0 atom stereocenters. The van der Waals surface area contributed by atoms with Gasteiger partial charge in [-0.3, -0.25) is 9.48 Å². The van der Waals surface area contributed by atoms with Crippen LogP contribution < -0.4 is 11.1 Å². The first-order valence-corrected chi connectivity index (χ1v) is 12.3. The van der Waals surface area contributed by atoms with E-state index in [-0.39, 0.29) is 5.91 Å². The predicted molar refractivity (Wildman–Crippen MR) is 135 cm³/mol. The Hall–Kier alpha value is -2.88. The maximum Gasteiger partial charge on any atom is 0.223 e. The minimum absolute atomic E-state index is 0.302. The van der Waals surface area contributed by atoms with Gasteiger partial charge in [-0.1, -0.05) is 33.1 Å². The molecule has 2 aliphatic rings. The third-order valence-corrected chi connectivity index (χ3v) is 5.92. The Bertz CT molecular complexity index is 919. The number of aromatic nitrogens is 4. The molecule has 0 radical (unpaired) electrons. The summed E-state index contributed by atoms with van der Waals surface area (Å²) in [5, 5.41) is 8.04. The van der Waals surface area contributed by atoms with Gasteiger partial charge >= 0.3 is 0 Å². The van der Waals surface area contributed by atoms with E-state index in [0.717, 1.165) is 29.5 Å². The van der Waals surface area contributed by atoms with Crippen LogP contribution in [0.15, 0.2) is 12.4 Å². The third kappa shape index (κ3) is 8.53. The van der Waals surface area contributed by atoms with Gasteiger partial charge in [0.25, 0.3) is 0 Å². The molecule has 33 heavy (non-hydrogen) atoms. The van der Waals surface area contributed by atoms with Gasteiger partial charge in [0.1, 0.15) is 0 Å². The SMILES string of the molecule is C#CCCC(N)=O.CC.Cc1cnc(NC2CCCCC2)nc1-c1cnn(C)c1CC1CC1. The number of hydrogen-bond acceptors (Lipinski definition) is 5. The summed E-state index contributed by atoms with van der Waals surface area (Å²) in [7, 11) is 2.04. The van der Waals surface area contributed by atoms with E-state index in [0.29, 0.717) is 18.9 Å². The van der Waals surface area contributed by atoms with Crippen LogP contribution in [0.3, 0.4) is 0 Å². The zero-order valence-electron chi connectivity index (χ0n) is 20.7. The molecule has 4 rings (SSSR count). The zero-order chi connectivity index (χ0) is 24.2. The molecule has 0 aromatic carbocycles. The van der Waals surface area contributed by atoms with Crippen LogP contribution in [0.2, 0.25) is 0 Å². The Morgan fingerprint density at radius 3 is 2.48 bits per heavy atom. The van der Waals surface area contributed by atoms with E-state index in [1.807, 2.05) is 38.0 Å². The van der Waals surface area contributed by atoms with Crippen LogP contribution in [-0.4, -0.2) is 31.7 Å². The number of nitrogens with one attached hydrogen (secondary N) is 1. The second-order valence-corrected chi connectivity index (χ2v) is 8.65. The molecule has 0 unspecified atom stereocenters. The molecule has 0 saturated heterocycles. The average Bonchev–Trinajstić information content (AvgIpc) is 3.58. The van der Waals surface area contributed by atoms with Crippen molar-refractivity contribution in [2.75, 3.05) is 5.32 Å². The smallest absolute Gasteiger partial charge is 0.223 e. The van der Waals surface area contributed by atoms with Crippen LogP contribution in [0, 0.1) is 25.2 Å². The summed E-state index contributed by atoms with van der Waals surface area (Å²) < 4.78 is 2.02. The first-order chi connectivity index (χ1) is 16.0. The van der Waals surface area contributed by atoms with Crippen LogP contribution >= 0.6 is 0 Å². The lowest BCUT2D eigenvalue weighted by Gasteiger charge is -2.23. The highest BCUT2D eigenvalue weighted by Gasteiger charge is 2.26. The van der Waals surface area contributed by atoms with Gasteiger partial charge in [-0.2, -0.15) is 5.10 Å². The topological polar surface area (TPSA) is 98.7 Å². The largest absolute Gasteiger partial charge is 0.370 e. The second kappa shape index (κ2) is 13.6. The summed E-state index contributed by atoms with van der Waals surface area (Å²) >= 11 is 0. The van der Waals surface area contributed by atoms with Gasteiger partial charge in [0, 0.05) is 43.4 Å². The highest BCUT2D eigenvalue weighted by Crippen LogP contribution is 2.36. The molecular formula is C26H40N6O. The summed E-state index contributed by atoms with van der Waals surface area (Å²) in [4.78, 5) is 19.3. The normalized spacial score (nSPS) is 15.4. The number of primary amides is 1. The number of carbonyl (C=O) groups excluding carboxylic acids is 1. The lowest BCUT2D eigenvalue weighted by atomic mass is 9.96. The summed E-state index contributed by atoms with van der Waals surface area (Å²) in [6.45, 7) is 6.09. The molecule has 2 aliphatic carbocycles. The highest BCUT2D eigenvalue weighted by atomic mass is 16.1. The molecule has 2 saturated carbocycles. The molecule has 2 heterocycles. The molecule has 0 bridgehead atoms. The molecule has 180 valence electrons. The Labute approximate surface area is 199 Å². The van der Waals surface area contributed by atoms with Crippen molar-refractivity contribution in [3.8, 4) is 23.6 Å². The lowest BCUT2D eigenvalue weighted by molar-refractivity contribution is -0.117. The van der Waals surface area contributed by atoms with Crippen molar-refractivity contribution in [2.45, 2.75) is 91.0 Å². The number of anilines is 1. The number of terminal acetylenes is 1. The van der Waals surface area contributed by atoms with Crippen molar-refractivity contribution in [1.82, 2.24) is 19.7 Å². The Morgan fingerprint density at radius 2 is 1.91 bits per heavy atom. The molecule has 7 nitrogen and oxygen atoms in total. The minimum atomic E-state index is -0.335. The molecule has 0 aliphatic heterocycles. The molecule has 3 N–H and O–H groups in total. The zero-order valence-corrected chi connectivity index (χ0v) is 20.7. The average molecular weight is 453 g/mol. The first kappa shape index (κ1) is 26.4. The van der Waals surface area contributed by atoms with E-state index in [4.69, 9.17) is 17.1 Å². The fourth-order valence-corrected chi connectivity index (χ4v) is 3.91. The predicted octanol–water partition coefficient (Wildman–Crippen LogP) is 4.79. The number of aryl methyl sites for hydroxylation is 2. The maximum atomic E-state index is 9.88. The van der Waals surface area contributed by atoms with E-state index in [2.05, 4.69) is 28.2 Å². The van der Waals surface area contributed by atoms with E-state index < -0.39 is 0 Å². The fraction of sp³-hybridized carbons (Fsp3) is 0.615. The van der Waals surface area contributed by atoms with E-state index in [1.54, 1.807) is 0 Å². The number of hydrogen-bond donors (Lipinski definition) is 2. The van der Waals surface area contributed by atoms with Crippen LogP contribution in [0.5, 0.6) is 0 Å². The number of carbonyl (C=O) groups is 1. The van der Waals surface area contributed by atoms with Crippen LogP contribution in [0.4, 0.5) is 5.95 Å². The van der Waals surface area contributed by atoms with Gasteiger partial charge in [-0.25, -0.2) is 9.97 Å². The summed E-state index contributed by atoms with van der Waals surface area (Å²) in [6, 6.07) is 0.522. The number of nitrogens with two attached hydrogens (primary N) is 1. The molecule has 2 fully saturated rings. The van der Waals surface area contributed by atoms with E-state index in [9.17, 15) is 4.79 Å². The number of nitrogens with zero attached hydrogens (tertiary/aromatic N) is 4. The van der Waals surface area contributed by atoms with Gasteiger partial charge in [0.2, 0.25) is 11.9 Å². The Balaban J connectivity index is 0.000000370. The highest BCUT2D eigenvalue weighted by molar-refractivity contribution is 5.73. The summed E-state index contributed by atoms with van der Waals surface area (Å²) in [5.74, 6) is 3.56. The standard InChI is InChI=1S/C19H27N5.C5H7NO.C2H6/c1-13-11-20-19(22-15-6-4-3-5-7-15)23-18(13)16-12-21-24(2)17(16)10-14-8-9-14;1-2-3-4-5(6)7;1-2/h11-12,14-15H,3-10H2,1-2H3,(H,20,22,23);1H,3-4H2,(H2,6,7);1-2H3. The molecule has 2 aromatic rings.